The highest BCUT2D eigenvalue weighted by Crippen LogP contribution is 2.30. The molecule has 0 spiro atoms. The molecule has 1 aromatic rings. The van der Waals surface area contributed by atoms with Crippen molar-refractivity contribution in [3.8, 4) is 0 Å². The van der Waals surface area contributed by atoms with Crippen LogP contribution in [0, 0.1) is 11.8 Å². The van der Waals surface area contributed by atoms with Crippen LogP contribution >= 0.6 is 0 Å². The third-order valence-electron chi connectivity index (χ3n) is 9.94. The fourth-order valence-corrected chi connectivity index (χ4v) is 8.86. The lowest BCUT2D eigenvalue weighted by atomic mass is 9.84. The zero-order valence-electron chi connectivity index (χ0n) is 28.4. The number of nitrogens with one attached hydrogen (secondary N) is 3. The number of allylic oxidation sites excluding steroid dienone is 1. The summed E-state index contributed by atoms with van der Waals surface area (Å²) in [5, 5.41) is 18.1. The number of nitrogens with zero attached hydrogens (tertiary/aromatic N) is 2. The van der Waals surface area contributed by atoms with Crippen molar-refractivity contribution in [3.63, 3.8) is 0 Å². The highest BCUT2D eigenvalue weighted by Gasteiger charge is 2.38. The first-order chi connectivity index (χ1) is 23.0. The molecule has 48 heavy (non-hydrogen) atoms. The number of hydrogen-bond acceptors (Lipinski definition) is 6. The van der Waals surface area contributed by atoms with E-state index in [4.69, 9.17) is 0 Å². The molecule has 1 aliphatic carbocycles. The predicted octanol–water partition coefficient (Wildman–Crippen LogP) is 3.81. The zero-order valence-corrected chi connectivity index (χ0v) is 29.2. The Bertz CT molecular complexity index is 1410. The fraction of sp³-hybridized carbons (Fsp3) is 0.657. The lowest BCUT2D eigenvalue weighted by Crippen LogP contribution is -2.56. The molecule has 4 amide bonds. The molecule has 1 saturated carbocycles. The van der Waals surface area contributed by atoms with Crippen LogP contribution < -0.4 is 16.0 Å². The first kappa shape index (κ1) is 37.4. The normalized spacial score (nSPS) is 21.6. The van der Waals surface area contributed by atoms with Gasteiger partial charge in [0, 0.05) is 31.6 Å². The molecule has 4 rings (SSSR count). The molecule has 266 valence electrons. The highest BCUT2D eigenvalue weighted by atomic mass is 32.2. The smallest absolute Gasteiger partial charge is 0.326 e. The van der Waals surface area contributed by atoms with Gasteiger partial charge in [-0.1, -0.05) is 76.3 Å². The van der Waals surface area contributed by atoms with Crippen LogP contribution in [0.1, 0.15) is 90.0 Å². The largest absolute Gasteiger partial charge is 0.480 e. The molecule has 2 aliphatic heterocycles. The molecule has 4 atom stereocenters. The average Bonchev–Trinajstić information content (AvgIpc) is 3.57. The van der Waals surface area contributed by atoms with E-state index in [-0.39, 0.29) is 19.0 Å². The number of carbonyl (C=O) groups is 4. The number of rotatable bonds is 15. The van der Waals surface area contributed by atoms with Crippen LogP contribution in [0.3, 0.4) is 0 Å². The Morgan fingerprint density at radius 3 is 2.48 bits per heavy atom. The number of benzene rings is 1. The molecule has 4 N–H and O–H groups in total. The van der Waals surface area contributed by atoms with Crippen LogP contribution in [0.25, 0.3) is 0 Å². The van der Waals surface area contributed by atoms with E-state index in [1.165, 1.54) is 9.21 Å². The van der Waals surface area contributed by atoms with Crippen LogP contribution in [-0.4, -0.2) is 90.8 Å². The van der Waals surface area contributed by atoms with Gasteiger partial charge in [0.25, 0.3) is 0 Å². The molecular weight excluding hydrogens is 634 g/mol. The lowest BCUT2D eigenvalue weighted by molar-refractivity contribution is -0.144. The van der Waals surface area contributed by atoms with Gasteiger partial charge in [-0.05, 0) is 62.5 Å². The van der Waals surface area contributed by atoms with Crippen molar-refractivity contribution in [2.75, 3.05) is 26.2 Å². The van der Waals surface area contributed by atoms with Gasteiger partial charge in [0.15, 0.2) is 0 Å². The number of carboxylic acids is 1. The minimum Gasteiger partial charge on any atom is -0.480 e. The summed E-state index contributed by atoms with van der Waals surface area (Å²) in [6.45, 7) is 4.32. The summed E-state index contributed by atoms with van der Waals surface area (Å²) < 4.78 is 28.4. The van der Waals surface area contributed by atoms with E-state index in [2.05, 4.69) is 22.9 Å². The Labute approximate surface area is 285 Å². The molecule has 1 aromatic carbocycles. The maximum Gasteiger partial charge on any atom is 0.326 e. The van der Waals surface area contributed by atoms with Gasteiger partial charge in [-0.3, -0.25) is 9.59 Å². The Morgan fingerprint density at radius 1 is 1.00 bits per heavy atom. The van der Waals surface area contributed by atoms with Gasteiger partial charge in [-0.15, -0.1) is 0 Å². The molecule has 0 aromatic heterocycles. The molecule has 2 fully saturated rings. The number of fused-ring (bicyclic) bond motifs is 1. The third-order valence-corrected chi connectivity index (χ3v) is 11.9. The Balaban J connectivity index is 1.33. The number of carboxylic acid groups (broad SMARTS) is 1. The van der Waals surface area contributed by atoms with E-state index in [1.54, 1.807) is 19.1 Å². The number of sulfonamides is 1. The predicted molar refractivity (Wildman–Crippen MR) is 183 cm³/mol. The maximum absolute atomic E-state index is 13.5. The van der Waals surface area contributed by atoms with Gasteiger partial charge in [0.2, 0.25) is 21.8 Å². The van der Waals surface area contributed by atoms with Crippen LogP contribution in [0.4, 0.5) is 4.79 Å². The van der Waals surface area contributed by atoms with Crippen molar-refractivity contribution in [2.45, 2.75) is 114 Å². The van der Waals surface area contributed by atoms with Crippen molar-refractivity contribution < 1.29 is 32.7 Å². The van der Waals surface area contributed by atoms with Gasteiger partial charge in [0.05, 0.1) is 11.4 Å². The van der Waals surface area contributed by atoms with E-state index >= 15 is 0 Å². The minimum absolute atomic E-state index is 0.106. The number of amides is 4. The molecule has 13 heteroatoms. The summed E-state index contributed by atoms with van der Waals surface area (Å²) in [6, 6.07) is 4.05. The molecular formula is C35H53N5O7S. The topological polar surface area (TPSA) is 165 Å². The van der Waals surface area contributed by atoms with E-state index in [9.17, 15) is 32.7 Å². The van der Waals surface area contributed by atoms with E-state index in [1.807, 2.05) is 24.3 Å². The standard InChI is InChI=1S/C35H53N5O7S/c1-3-4-5-6-8-14-25(2)32(34(43)44)38-33(42)29-18-13-21-40(29)31(41)23-36-35(45)37-28(26-15-9-7-10-16-26)24-39-22-20-27-17-11-12-19-30(27)48(39,46)47/h8,11-12,14,17,19,25-26,28-29,32H,3-7,9-10,13,15-16,18,20-24H2,1-2H3,(H,38,42)(H,43,44)(H2,36,37,45)/b14-8-/t25?,28?,29-,32+/m0/s1. The quantitative estimate of drug-likeness (QED) is 0.161. The number of urea groups is 1. The van der Waals surface area contributed by atoms with Crippen molar-refractivity contribution in [2.24, 2.45) is 11.8 Å². The number of hydrogen-bond donors (Lipinski definition) is 4. The number of aliphatic carboxylic acids is 1. The van der Waals surface area contributed by atoms with E-state index in [0.29, 0.717) is 37.2 Å². The number of likely N-dealkylation sites (tertiary alicyclic amines) is 1. The second-order valence-electron chi connectivity index (χ2n) is 13.4. The molecule has 0 radical (unpaired) electrons. The van der Waals surface area contributed by atoms with E-state index < -0.39 is 57.9 Å². The summed E-state index contributed by atoms with van der Waals surface area (Å²) in [6.07, 6.45) is 14.3. The van der Waals surface area contributed by atoms with Crippen LogP contribution in [0.15, 0.2) is 41.3 Å². The van der Waals surface area contributed by atoms with Crippen molar-refractivity contribution in [1.82, 2.24) is 25.2 Å². The summed E-state index contributed by atoms with van der Waals surface area (Å²) in [5.41, 5.74) is 0.795. The summed E-state index contributed by atoms with van der Waals surface area (Å²) in [5.74, 6) is -2.43. The van der Waals surface area contributed by atoms with Crippen LogP contribution in [0.5, 0.6) is 0 Å². The molecule has 3 aliphatic rings. The Morgan fingerprint density at radius 2 is 1.75 bits per heavy atom. The molecule has 2 heterocycles. The van der Waals surface area contributed by atoms with Gasteiger partial charge < -0.3 is 26.0 Å². The lowest BCUT2D eigenvalue weighted by Gasteiger charge is -2.36. The second-order valence-corrected chi connectivity index (χ2v) is 15.3. The van der Waals surface area contributed by atoms with Crippen molar-refractivity contribution in [1.29, 1.82) is 0 Å². The van der Waals surface area contributed by atoms with Gasteiger partial charge in [-0.25, -0.2) is 18.0 Å². The average molecular weight is 688 g/mol. The summed E-state index contributed by atoms with van der Waals surface area (Å²) >= 11 is 0. The van der Waals surface area contributed by atoms with Gasteiger partial charge >= 0.3 is 12.0 Å². The van der Waals surface area contributed by atoms with Gasteiger partial charge in [-0.2, -0.15) is 4.31 Å². The Hall–Kier alpha value is -3.45. The molecule has 12 nitrogen and oxygen atoms in total. The fourth-order valence-electron chi connectivity index (χ4n) is 7.14. The van der Waals surface area contributed by atoms with Crippen LogP contribution in [0.2, 0.25) is 0 Å². The monoisotopic (exact) mass is 687 g/mol. The first-order valence-corrected chi connectivity index (χ1v) is 19.1. The molecule has 2 unspecified atom stereocenters. The first-order valence-electron chi connectivity index (χ1n) is 17.6. The zero-order chi connectivity index (χ0) is 34.7. The third kappa shape index (κ3) is 9.81. The minimum atomic E-state index is -3.71. The highest BCUT2D eigenvalue weighted by molar-refractivity contribution is 7.89. The van der Waals surface area contributed by atoms with Crippen molar-refractivity contribution in [3.05, 3.63) is 42.0 Å². The molecule has 1 saturated heterocycles. The Kier molecular flexibility index (Phi) is 13.9. The number of carbonyl (C=O) groups excluding carboxylic acids is 3. The SMILES string of the molecule is CCCCC/C=C\C(C)[C@@H](NC(=O)[C@@H]1CCCN1C(=O)CNC(=O)NC(CN1CCc2ccccc2S1(=O)=O)C1CCCCC1)C(=O)O. The summed E-state index contributed by atoms with van der Waals surface area (Å²) in [7, 11) is -3.71. The maximum atomic E-state index is 13.5. The van der Waals surface area contributed by atoms with Crippen LogP contribution in [-0.2, 0) is 30.8 Å². The summed E-state index contributed by atoms with van der Waals surface area (Å²) in [4.78, 5) is 53.3. The number of unbranched alkanes of at least 4 members (excludes halogenated alkanes) is 3. The van der Waals surface area contributed by atoms with Gasteiger partial charge in [0.1, 0.15) is 12.1 Å². The second kappa shape index (κ2) is 17.8. The van der Waals surface area contributed by atoms with Crippen molar-refractivity contribution >= 4 is 33.8 Å². The molecule has 0 bridgehead atoms. The van der Waals surface area contributed by atoms with E-state index in [0.717, 1.165) is 63.4 Å².